The molecule has 2 aromatic rings. The minimum absolute atomic E-state index is 0.0374. The van der Waals surface area contributed by atoms with Crippen molar-refractivity contribution < 1.29 is 19.1 Å². The van der Waals surface area contributed by atoms with Gasteiger partial charge in [0.25, 0.3) is 0 Å². The highest BCUT2D eigenvalue weighted by molar-refractivity contribution is 5.91. The van der Waals surface area contributed by atoms with Crippen molar-refractivity contribution in [1.29, 1.82) is 0 Å². The minimum atomic E-state index is -0.296. The predicted molar refractivity (Wildman–Crippen MR) is 106 cm³/mol. The van der Waals surface area contributed by atoms with E-state index in [0.29, 0.717) is 32.5 Å². The molecule has 0 N–H and O–H groups in total. The second kappa shape index (κ2) is 7.54. The van der Waals surface area contributed by atoms with Crippen molar-refractivity contribution in [2.45, 2.75) is 32.4 Å². The number of benzene rings is 2. The number of rotatable bonds is 3. The van der Waals surface area contributed by atoms with Crippen molar-refractivity contribution in [2.75, 3.05) is 25.2 Å². The Bertz CT molecular complexity index is 894. The van der Waals surface area contributed by atoms with Gasteiger partial charge in [-0.15, -0.1) is 0 Å². The fourth-order valence-electron chi connectivity index (χ4n) is 3.83. The molecule has 2 aliphatic rings. The first-order valence-electron chi connectivity index (χ1n) is 9.51. The van der Waals surface area contributed by atoms with Gasteiger partial charge in [0.2, 0.25) is 5.91 Å². The Morgan fingerprint density at radius 3 is 2.75 bits per heavy atom. The van der Waals surface area contributed by atoms with E-state index in [1.807, 2.05) is 54.3 Å². The number of nitrogens with zero attached hydrogens (tertiary/aromatic N) is 2. The highest BCUT2D eigenvalue weighted by Crippen LogP contribution is 2.32. The molecule has 2 aromatic carbocycles. The fourth-order valence-corrected chi connectivity index (χ4v) is 3.83. The maximum Gasteiger partial charge on any atom is 0.414 e. The summed E-state index contributed by atoms with van der Waals surface area (Å²) >= 11 is 0. The van der Waals surface area contributed by atoms with E-state index in [-0.39, 0.29) is 18.0 Å². The van der Waals surface area contributed by atoms with Gasteiger partial charge in [0.05, 0.1) is 25.3 Å². The zero-order valence-corrected chi connectivity index (χ0v) is 16.2. The molecule has 0 aromatic heterocycles. The number of ether oxygens (including phenoxy) is 2. The molecule has 6 nitrogen and oxygen atoms in total. The van der Waals surface area contributed by atoms with E-state index < -0.39 is 0 Å². The SMILES string of the molecule is COc1ccc(CC(=O)N2CC[C@H]3COC(=O)N3c3cc(C)ccc3C2)cc1. The lowest BCUT2D eigenvalue weighted by Gasteiger charge is -2.32. The molecule has 2 amide bonds. The molecule has 146 valence electrons. The van der Waals surface area contributed by atoms with Crippen molar-refractivity contribution in [3.8, 4) is 5.75 Å². The summed E-state index contributed by atoms with van der Waals surface area (Å²) in [5.74, 6) is 0.855. The number of methoxy groups -OCH3 is 1. The number of hydrogen-bond acceptors (Lipinski definition) is 4. The topological polar surface area (TPSA) is 59.1 Å². The number of anilines is 1. The number of fused-ring (bicyclic) bond motifs is 3. The van der Waals surface area contributed by atoms with Crippen LogP contribution in [-0.4, -0.2) is 43.2 Å². The molecule has 0 unspecified atom stereocenters. The Hall–Kier alpha value is -3.02. The van der Waals surface area contributed by atoms with Gasteiger partial charge >= 0.3 is 6.09 Å². The number of hydrogen-bond donors (Lipinski definition) is 0. The average Bonchev–Trinajstić information content (AvgIpc) is 3.04. The van der Waals surface area contributed by atoms with Crippen LogP contribution in [0.25, 0.3) is 0 Å². The number of amides is 2. The maximum atomic E-state index is 13.0. The van der Waals surface area contributed by atoms with Crippen molar-refractivity contribution in [1.82, 2.24) is 4.90 Å². The minimum Gasteiger partial charge on any atom is -0.497 e. The Balaban J connectivity index is 1.58. The van der Waals surface area contributed by atoms with Gasteiger partial charge in [0.15, 0.2) is 0 Å². The predicted octanol–water partition coefficient (Wildman–Crippen LogP) is 3.30. The Morgan fingerprint density at radius 1 is 1.21 bits per heavy atom. The van der Waals surface area contributed by atoms with Gasteiger partial charge in [-0.05, 0) is 48.2 Å². The second-order valence-corrected chi connectivity index (χ2v) is 7.36. The highest BCUT2D eigenvalue weighted by atomic mass is 16.6. The van der Waals surface area contributed by atoms with Gasteiger partial charge in [0, 0.05) is 13.1 Å². The first-order valence-corrected chi connectivity index (χ1v) is 9.51. The zero-order valence-electron chi connectivity index (χ0n) is 16.2. The Labute approximate surface area is 164 Å². The third-order valence-corrected chi connectivity index (χ3v) is 5.42. The smallest absolute Gasteiger partial charge is 0.414 e. The summed E-state index contributed by atoms with van der Waals surface area (Å²) in [6, 6.07) is 13.6. The molecule has 2 aliphatic heterocycles. The van der Waals surface area contributed by atoms with Crippen molar-refractivity contribution in [2.24, 2.45) is 0 Å². The van der Waals surface area contributed by atoms with Crippen molar-refractivity contribution >= 4 is 17.7 Å². The summed E-state index contributed by atoms with van der Waals surface area (Å²) in [6.07, 6.45) is 0.748. The van der Waals surface area contributed by atoms with Crippen molar-refractivity contribution in [3.63, 3.8) is 0 Å². The first kappa shape index (κ1) is 18.3. The van der Waals surface area contributed by atoms with E-state index in [2.05, 4.69) is 0 Å². The lowest BCUT2D eigenvalue weighted by molar-refractivity contribution is -0.131. The average molecular weight is 380 g/mol. The van der Waals surface area contributed by atoms with Crippen LogP contribution < -0.4 is 9.64 Å². The lowest BCUT2D eigenvalue weighted by Crippen LogP contribution is -2.42. The van der Waals surface area contributed by atoms with Crippen LogP contribution in [0, 0.1) is 6.92 Å². The van der Waals surface area contributed by atoms with Gasteiger partial charge in [-0.25, -0.2) is 4.79 Å². The molecule has 1 fully saturated rings. The second-order valence-electron chi connectivity index (χ2n) is 7.36. The van der Waals surface area contributed by atoms with E-state index in [1.165, 1.54) is 0 Å². The molecule has 28 heavy (non-hydrogen) atoms. The number of carbonyl (C=O) groups excluding carboxylic acids is 2. The molecular weight excluding hydrogens is 356 g/mol. The molecule has 0 aliphatic carbocycles. The van der Waals surface area contributed by atoms with Crippen LogP contribution in [0.15, 0.2) is 42.5 Å². The third-order valence-electron chi connectivity index (χ3n) is 5.42. The van der Waals surface area contributed by atoms with Gasteiger partial charge in [-0.2, -0.15) is 0 Å². The van der Waals surface area contributed by atoms with Crippen LogP contribution in [0.5, 0.6) is 5.75 Å². The van der Waals surface area contributed by atoms with Crippen LogP contribution in [0.2, 0.25) is 0 Å². The van der Waals surface area contributed by atoms with Gasteiger partial charge in [-0.1, -0.05) is 24.3 Å². The van der Waals surface area contributed by atoms with Gasteiger partial charge in [0.1, 0.15) is 12.4 Å². The maximum absolute atomic E-state index is 13.0. The molecule has 0 saturated carbocycles. The number of aryl methyl sites for hydroxylation is 1. The monoisotopic (exact) mass is 380 g/mol. The normalized spacial score (nSPS) is 18.6. The summed E-state index contributed by atoms with van der Waals surface area (Å²) in [7, 11) is 1.63. The van der Waals surface area contributed by atoms with E-state index in [0.717, 1.165) is 28.1 Å². The summed E-state index contributed by atoms with van der Waals surface area (Å²) in [5, 5.41) is 0. The van der Waals surface area contributed by atoms with E-state index in [1.54, 1.807) is 12.0 Å². The summed E-state index contributed by atoms with van der Waals surface area (Å²) in [4.78, 5) is 28.9. The molecule has 0 bridgehead atoms. The van der Waals surface area contributed by atoms with E-state index in [4.69, 9.17) is 9.47 Å². The fraction of sp³-hybridized carbons (Fsp3) is 0.364. The number of carbonyl (C=O) groups is 2. The molecule has 4 rings (SSSR count). The zero-order chi connectivity index (χ0) is 19.7. The third kappa shape index (κ3) is 3.54. The number of cyclic esters (lactones) is 1. The quantitative estimate of drug-likeness (QED) is 0.820. The van der Waals surface area contributed by atoms with Crippen LogP contribution in [0.4, 0.5) is 10.5 Å². The Morgan fingerprint density at radius 2 is 2.00 bits per heavy atom. The molecular formula is C22H24N2O4. The van der Waals surface area contributed by atoms with Crippen LogP contribution in [0.3, 0.4) is 0 Å². The molecule has 0 spiro atoms. The molecule has 1 atom stereocenters. The summed E-state index contributed by atoms with van der Waals surface area (Å²) in [5.41, 5.74) is 3.86. The Kier molecular flexibility index (Phi) is 4.94. The largest absolute Gasteiger partial charge is 0.497 e. The first-order chi connectivity index (χ1) is 13.5. The van der Waals surface area contributed by atoms with E-state index >= 15 is 0 Å². The van der Waals surface area contributed by atoms with Crippen molar-refractivity contribution in [3.05, 3.63) is 59.2 Å². The standard InChI is InChI=1S/C22H24N2O4/c1-15-3-6-17-13-23(21(25)12-16-4-7-19(27-2)8-5-16)10-9-18-14-28-22(26)24(18)20(17)11-15/h3-8,11,18H,9-10,12-14H2,1-2H3/t18-/m0/s1. The van der Waals surface area contributed by atoms with Gasteiger partial charge in [-0.3, -0.25) is 9.69 Å². The molecule has 6 heteroatoms. The molecule has 1 saturated heterocycles. The lowest BCUT2D eigenvalue weighted by atomic mass is 10.0. The molecule has 0 radical (unpaired) electrons. The summed E-state index contributed by atoms with van der Waals surface area (Å²) in [6.45, 7) is 3.45. The van der Waals surface area contributed by atoms with E-state index in [9.17, 15) is 9.59 Å². The van der Waals surface area contributed by atoms with Crippen LogP contribution >= 0.6 is 0 Å². The summed E-state index contributed by atoms with van der Waals surface area (Å²) < 4.78 is 10.5. The van der Waals surface area contributed by atoms with Crippen LogP contribution in [-0.2, 0) is 22.5 Å². The molecule has 2 heterocycles. The highest BCUT2D eigenvalue weighted by Gasteiger charge is 2.37. The van der Waals surface area contributed by atoms with Crippen LogP contribution in [0.1, 0.15) is 23.1 Å². The van der Waals surface area contributed by atoms with Gasteiger partial charge < -0.3 is 14.4 Å².